The molecule has 0 aromatic heterocycles. The average molecular weight is 198 g/mol. The number of Topliss-reactive ketones (excluding diaryl/α,β-unsaturated/α-hetero) is 1. The molecule has 2 fully saturated rings. The molecule has 2 rings (SSSR count). The number of aliphatic carboxylic acids is 1. The Labute approximate surface area is 81.9 Å². The second-order valence-electron chi connectivity index (χ2n) is 4.36. The number of aliphatic hydroxyl groups excluding tert-OH is 1. The van der Waals surface area contributed by atoms with Gasteiger partial charge in [-0.2, -0.15) is 0 Å². The molecule has 2 N–H and O–H groups in total. The second kappa shape index (κ2) is 3.35. The van der Waals surface area contributed by atoms with Crippen molar-refractivity contribution in [3.05, 3.63) is 0 Å². The van der Waals surface area contributed by atoms with Crippen LogP contribution >= 0.6 is 0 Å². The quantitative estimate of drug-likeness (QED) is 0.641. The molecule has 2 aliphatic rings. The second-order valence-corrected chi connectivity index (χ2v) is 4.36. The van der Waals surface area contributed by atoms with Crippen LogP contribution in [0.4, 0.5) is 0 Å². The molecule has 0 aromatic rings. The van der Waals surface area contributed by atoms with Crippen molar-refractivity contribution >= 4 is 11.8 Å². The summed E-state index contributed by atoms with van der Waals surface area (Å²) in [7, 11) is 0. The fraction of sp³-hybridized carbons (Fsp3) is 0.800. The van der Waals surface area contributed by atoms with Gasteiger partial charge in [-0.3, -0.25) is 9.59 Å². The van der Waals surface area contributed by atoms with Crippen molar-refractivity contribution in [3.63, 3.8) is 0 Å². The van der Waals surface area contributed by atoms with E-state index in [9.17, 15) is 14.7 Å². The Hall–Kier alpha value is -0.900. The minimum absolute atomic E-state index is 0.0141. The third-order valence-corrected chi connectivity index (χ3v) is 3.58. The first kappa shape index (κ1) is 9.65. The van der Waals surface area contributed by atoms with Crippen molar-refractivity contribution in [2.45, 2.75) is 31.8 Å². The van der Waals surface area contributed by atoms with Gasteiger partial charge in [0.1, 0.15) is 5.78 Å². The molecule has 78 valence electrons. The molecule has 4 atom stereocenters. The van der Waals surface area contributed by atoms with Crippen LogP contribution in [0.5, 0.6) is 0 Å². The van der Waals surface area contributed by atoms with Crippen molar-refractivity contribution in [3.8, 4) is 0 Å². The van der Waals surface area contributed by atoms with Gasteiger partial charge < -0.3 is 10.2 Å². The highest BCUT2D eigenvalue weighted by atomic mass is 16.4. The molecule has 0 heterocycles. The number of rotatable bonds is 1. The Morgan fingerprint density at radius 1 is 1.21 bits per heavy atom. The highest BCUT2D eigenvalue weighted by Crippen LogP contribution is 2.44. The highest BCUT2D eigenvalue weighted by molar-refractivity contribution is 5.85. The number of carbonyl (C=O) groups is 2. The van der Waals surface area contributed by atoms with Gasteiger partial charge in [0, 0.05) is 12.8 Å². The Balaban J connectivity index is 2.20. The van der Waals surface area contributed by atoms with Crippen molar-refractivity contribution < 1.29 is 19.8 Å². The van der Waals surface area contributed by atoms with Gasteiger partial charge in [-0.15, -0.1) is 0 Å². The maximum Gasteiger partial charge on any atom is 0.307 e. The summed E-state index contributed by atoms with van der Waals surface area (Å²) in [4.78, 5) is 22.2. The molecular formula is C10H14O4. The van der Waals surface area contributed by atoms with Gasteiger partial charge in [-0.25, -0.2) is 0 Å². The van der Waals surface area contributed by atoms with Crippen LogP contribution in [0.1, 0.15) is 25.7 Å². The number of carboxylic acids is 1. The van der Waals surface area contributed by atoms with Crippen LogP contribution in [-0.2, 0) is 9.59 Å². The summed E-state index contributed by atoms with van der Waals surface area (Å²) in [5.41, 5.74) is 0. The Morgan fingerprint density at radius 3 is 2.57 bits per heavy atom. The first-order chi connectivity index (χ1) is 6.59. The lowest BCUT2D eigenvalue weighted by Gasteiger charge is -2.31. The smallest absolute Gasteiger partial charge is 0.307 e. The van der Waals surface area contributed by atoms with E-state index in [-0.39, 0.29) is 24.0 Å². The lowest BCUT2D eigenvalue weighted by atomic mass is 9.73. The monoisotopic (exact) mass is 198 g/mol. The van der Waals surface area contributed by atoms with E-state index in [0.717, 1.165) is 6.42 Å². The molecule has 0 radical (unpaired) electrons. The van der Waals surface area contributed by atoms with Crippen molar-refractivity contribution in [2.24, 2.45) is 17.8 Å². The average Bonchev–Trinajstić information content (AvgIpc) is 2.47. The largest absolute Gasteiger partial charge is 0.481 e. The maximum absolute atomic E-state index is 11.3. The molecule has 0 unspecified atom stereocenters. The SMILES string of the molecule is O=C1C[C@H]2[C@H](CC[C@H]2O)[C@@H](C(=O)O)C1. The van der Waals surface area contributed by atoms with E-state index in [1.165, 1.54) is 0 Å². The number of hydrogen-bond donors (Lipinski definition) is 2. The number of hydrogen-bond acceptors (Lipinski definition) is 3. The normalized spacial score (nSPS) is 42.2. The van der Waals surface area contributed by atoms with Gasteiger partial charge in [0.2, 0.25) is 0 Å². The number of ketones is 1. The zero-order chi connectivity index (χ0) is 10.3. The van der Waals surface area contributed by atoms with Gasteiger partial charge in [0.15, 0.2) is 0 Å². The molecule has 0 aliphatic heterocycles. The van der Waals surface area contributed by atoms with Crippen molar-refractivity contribution in [1.82, 2.24) is 0 Å². The van der Waals surface area contributed by atoms with Crippen LogP contribution in [0.15, 0.2) is 0 Å². The fourth-order valence-electron chi connectivity index (χ4n) is 2.88. The zero-order valence-corrected chi connectivity index (χ0v) is 7.85. The summed E-state index contributed by atoms with van der Waals surface area (Å²) in [6.07, 6.45) is 1.45. The third-order valence-electron chi connectivity index (χ3n) is 3.58. The van der Waals surface area contributed by atoms with Gasteiger partial charge in [0.05, 0.1) is 12.0 Å². The Bertz CT molecular complexity index is 273. The van der Waals surface area contributed by atoms with E-state index in [1.54, 1.807) is 0 Å². The van der Waals surface area contributed by atoms with Gasteiger partial charge >= 0.3 is 5.97 Å². The molecule has 4 nitrogen and oxygen atoms in total. The number of fused-ring (bicyclic) bond motifs is 1. The first-order valence-corrected chi connectivity index (χ1v) is 5.02. The Morgan fingerprint density at radius 2 is 1.93 bits per heavy atom. The number of aliphatic hydroxyl groups is 1. The molecule has 0 spiro atoms. The summed E-state index contributed by atoms with van der Waals surface area (Å²) < 4.78 is 0. The summed E-state index contributed by atoms with van der Waals surface area (Å²) in [6.45, 7) is 0. The minimum Gasteiger partial charge on any atom is -0.481 e. The maximum atomic E-state index is 11.3. The molecule has 0 bridgehead atoms. The Kier molecular flexibility index (Phi) is 2.31. The number of carboxylic acid groups (broad SMARTS) is 1. The predicted molar refractivity (Wildman–Crippen MR) is 47.6 cm³/mol. The van der Waals surface area contributed by atoms with E-state index < -0.39 is 18.0 Å². The topological polar surface area (TPSA) is 74.6 Å². The van der Waals surface area contributed by atoms with Crippen LogP contribution in [0, 0.1) is 17.8 Å². The molecule has 0 amide bonds. The van der Waals surface area contributed by atoms with E-state index in [2.05, 4.69) is 0 Å². The summed E-state index contributed by atoms with van der Waals surface area (Å²) >= 11 is 0. The molecule has 14 heavy (non-hydrogen) atoms. The molecule has 0 saturated heterocycles. The summed E-state index contributed by atoms with van der Waals surface area (Å²) in [5, 5.41) is 18.6. The van der Waals surface area contributed by atoms with Crippen LogP contribution in [-0.4, -0.2) is 28.1 Å². The highest BCUT2D eigenvalue weighted by Gasteiger charge is 2.47. The summed E-state index contributed by atoms with van der Waals surface area (Å²) in [6, 6.07) is 0. The lowest BCUT2D eigenvalue weighted by Crippen LogP contribution is -2.37. The van der Waals surface area contributed by atoms with E-state index >= 15 is 0 Å². The van der Waals surface area contributed by atoms with Crippen LogP contribution in [0.25, 0.3) is 0 Å². The molecule has 2 saturated carbocycles. The van der Waals surface area contributed by atoms with E-state index in [4.69, 9.17) is 5.11 Å². The van der Waals surface area contributed by atoms with Crippen molar-refractivity contribution in [1.29, 1.82) is 0 Å². The van der Waals surface area contributed by atoms with Crippen LogP contribution < -0.4 is 0 Å². The molecule has 0 aromatic carbocycles. The van der Waals surface area contributed by atoms with Gasteiger partial charge in [-0.1, -0.05) is 0 Å². The van der Waals surface area contributed by atoms with Gasteiger partial charge in [0.25, 0.3) is 0 Å². The third kappa shape index (κ3) is 1.43. The van der Waals surface area contributed by atoms with Crippen molar-refractivity contribution in [2.75, 3.05) is 0 Å². The van der Waals surface area contributed by atoms with Crippen LogP contribution in [0.2, 0.25) is 0 Å². The predicted octanol–water partition coefficient (Wildman–Crippen LogP) is 0.437. The van der Waals surface area contributed by atoms with E-state index in [0.29, 0.717) is 12.8 Å². The standard InChI is InChI=1S/C10H14O4/c11-5-3-7-6(1-2-9(7)12)8(4-5)10(13)14/h6-9,12H,1-4H2,(H,13,14)/t6-,7-,8-,9+/m0/s1. The summed E-state index contributed by atoms with van der Waals surface area (Å²) in [5.74, 6) is -1.54. The zero-order valence-electron chi connectivity index (χ0n) is 7.85. The lowest BCUT2D eigenvalue weighted by molar-refractivity contribution is -0.149. The van der Waals surface area contributed by atoms with Crippen LogP contribution in [0.3, 0.4) is 0 Å². The number of carbonyl (C=O) groups excluding carboxylic acids is 1. The minimum atomic E-state index is -0.887. The fourth-order valence-corrected chi connectivity index (χ4v) is 2.88. The van der Waals surface area contributed by atoms with Gasteiger partial charge in [-0.05, 0) is 24.7 Å². The first-order valence-electron chi connectivity index (χ1n) is 5.02. The van der Waals surface area contributed by atoms with E-state index in [1.807, 2.05) is 0 Å². The molecule has 2 aliphatic carbocycles. The molecule has 4 heteroatoms. The molecular weight excluding hydrogens is 184 g/mol.